The number of carbonyl (C=O) groups is 2. The monoisotopic (exact) mass is 351 g/mol. The second kappa shape index (κ2) is 5.66. The van der Waals surface area contributed by atoms with E-state index in [1.165, 1.54) is 0 Å². The third kappa shape index (κ3) is 2.29. The van der Waals surface area contributed by atoms with Crippen molar-refractivity contribution in [2.24, 2.45) is 0 Å². The van der Waals surface area contributed by atoms with Crippen LogP contribution >= 0.6 is 0 Å². The first-order chi connectivity index (χ1) is 12.5. The fourth-order valence-electron chi connectivity index (χ4n) is 2.84. The Morgan fingerprint density at radius 2 is 2.00 bits per heavy atom. The minimum Gasteiger partial charge on any atom is -0.384 e. The van der Waals surface area contributed by atoms with Crippen molar-refractivity contribution in [3.05, 3.63) is 57.6 Å². The zero-order valence-electron chi connectivity index (χ0n) is 13.6. The number of anilines is 1. The first-order valence-corrected chi connectivity index (χ1v) is 7.84. The SMILES string of the molecule is CCc1noc(-c2cccc(-n3c(N)c4c(cc3=O)C(=O)NC4=O)c2)n1. The number of benzene rings is 1. The van der Waals surface area contributed by atoms with Gasteiger partial charge in [0.1, 0.15) is 5.82 Å². The topological polar surface area (TPSA) is 133 Å². The van der Waals surface area contributed by atoms with Crippen LogP contribution in [0.25, 0.3) is 17.1 Å². The fourth-order valence-corrected chi connectivity index (χ4v) is 2.84. The minimum atomic E-state index is -0.632. The first-order valence-electron chi connectivity index (χ1n) is 7.84. The van der Waals surface area contributed by atoms with Crippen molar-refractivity contribution in [2.75, 3.05) is 5.73 Å². The summed E-state index contributed by atoms with van der Waals surface area (Å²) in [6, 6.07) is 7.85. The molecule has 0 bridgehead atoms. The van der Waals surface area contributed by atoms with Crippen LogP contribution in [0.15, 0.2) is 39.6 Å². The van der Waals surface area contributed by atoms with E-state index in [4.69, 9.17) is 10.3 Å². The normalized spacial score (nSPS) is 13.0. The number of pyridine rings is 1. The molecule has 9 nitrogen and oxygen atoms in total. The average molecular weight is 351 g/mol. The number of hydrogen-bond acceptors (Lipinski definition) is 7. The molecule has 9 heteroatoms. The molecule has 0 saturated carbocycles. The molecule has 0 aliphatic carbocycles. The zero-order valence-corrected chi connectivity index (χ0v) is 13.6. The van der Waals surface area contributed by atoms with E-state index >= 15 is 0 Å². The summed E-state index contributed by atoms with van der Waals surface area (Å²) in [4.78, 5) is 40.4. The number of aryl methyl sites for hydroxylation is 1. The molecule has 0 saturated heterocycles. The number of imide groups is 1. The Hall–Kier alpha value is -3.75. The van der Waals surface area contributed by atoms with Gasteiger partial charge in [-0.3, -0.25) is 24.3 Å². The van der Waals surface area contributed by atoms with E-state index in [0.29, 0.717) is 29.4 Å². The van der Waals surface area contributed by atoms with Crippen LogP contribution < -0.4 is 16.6 Å². The Labute approximate surface area is 146 Å². The summed E-state index contributed by atoms with van der Waals surface area (Å²) in [5.74, 6) is -0.489. The fraction of sp³-hybridized carbons (Fsp3) is 0.118. The summed E-state index contributed by atoms with van der Waals surface area (Å²) < 4.78 is 6.37. The molecule has 0 spiro atoms. The molecule has 4 rings (SSSR count). The third-order valence-corrected chi connectivity index (χ3v) is 4.09. The highest BCUT2D eigenvalue weighted by atomic mass is 16.5. The molecule has 1 aliphatic rings. The van der Waals surface area contributed by atoms with Crippen LogP contribution in [0.2, 0.25) is 0 Å². The van der Waals surface area contributed by atoms with Crippen molar-refractivity contribution in [2.45, 2.75) is 13.3 Å². The van der Waals surface area contributed by atoms with E-state index in [1.807, 2.05) is 6.92 Å². The van der Waals surface area contributed by atoms with Crippen LogP contribution in [0.5, 0.6) is 0 Å². The summed E-state index contributed by atoms with van der Waals surface area (Å²) in [6.07, 6.45) is 0.629. The van der Waals surface area contributed by atoms with Gasteiger partial charge in [-0.2, -0.15) is 4.98 Å². The maximum atomic E-state index is 12.5. The predicted octanol–water partition coefficient (Wildman–Crippen LogP) is 0.916. The smallest absolute Gasteiger partial charge is 0.262 e. The Kier molecular flexibility index (Phi) is 3.43. The summed E-state index contributed by atoms with van der Waals surface area (Å²) >= 11 is 0. The van der Waals surface area contributed by atoms with Crippen molar-refractivity contribution in [1.82, 2.24) is 20.0 Å². The molecule has 3 aromatic rings. The highest BCUT2D eigenvalue weighted by Gasteiger charge is 2.31. The molecule has 0 atom stereocenters. The number of nitrogen functional groups attached to an aromatic ring is 1. The molecule has 3 N–H and O–H groups in total. The average Bonchev–Trinajstić information content (AvgIpc) is 3.20. The number of aromatic nitrogens is 3. The summed E-state index contributed by atoms with van der Waals surface area (Å²) in [5, 5.41) is 5.98. The van der Waals surface area contributed by atoms with Crippen LogP contribution in [-0.4, -0.2) is 26.5 Å². The Morgan fingerprint density at radius 1 is 1.19 bits per heavy atom. The van der Waals surface area contributed by atoms with Crippen molar-refractivity contribution in [3.8, 4) is 17.1 Å². The number of rotatable bonds is 3. The van der Waals surface area contributed by atoms with E-state index < -0.39 is 17.4 Å². The molecule has 1 aromatic carbocycles. The molecular formula is C17H13N5O4. The lowest BCUT2D eigenvalue weighted by Gasteiger charge is -2.12. The van der Waals surface area contributed by atoms with Gasteiger partial charge < -0.3 is 10.3 Å². The van der Waals surface area contributed by atoms with Crippen LogP contribution in [0.1, 0.15) is 33.5 Å². The first kappa shape index (κ1) is 15.8. The highest BCUT2D eigenvalue weighted by molar-refractivity contribution is 6.23. The third-order valence-electron chi connectivity index (χ3n) is 4.09. The maximum absolute atomic E-state index is 12.5. The molecule has 0 radical (unpaired) electrons. The molecule has 0 fully saturated rings. The molecule has 3 heterocycles. The number of hydrogen-bond donors (Lipinski definition) is 2. The molecule has 26 heavy (non-hydrogen) atoms. The highest BCUT2D eigenvalue weighted by Crippen LogP contribution is 2.25. The van der Waals surface area contributed by atoms with E-state index in [2.05, 4.69) is 15.5 Å². The van der Waals surface area contributed by atoms with E-state index in [9.17, 15) is 14.4 Å². The zero-order chi connectivity index (χ0) is 18.4. The number of nitrogens with one attached hydrogen (secondary N) is 1. The standard InChI is InChI=1S/C17H13N5O4/c1-2-11-19-17(26-21-11)8-4-3-5-9(6-8)22-12(23)7-10-13(14(22)18)16(25)20-15(10)24/h3-7H,2,18H2,1H3,(H,20,24,25). The lowest BCUT2D eigenvalue weighted by Crippen LogP contribution is -2.24. The van der Waals surface area contributed by atoms with Gasteiger partial charge in [0.25, 0.3) is 23.3 Å². The van der Waals surface area contributed by atoms with Gasteiger partial charge in [0.2, 0.25) is 0 Å². The molecule has 130 valence electrons. The Bertz CT molecular complexity index is 1130. The van der Waals surface area contributed by atoms with Crippen LogP contribution in [0.3, 0.4) is 0 Å². The predicted molar refractivity (Wildman–Crippen MR) is 90.9 cm³/mol. The lowest BCUT2D eigenvalue weighted by molar-refractivity contribution is 0.0880. The number of amides is 2. The number of carbonyl (C=O) groups excluding carboxylic acids is 2. The molecule has 2 amide bonds. The van der Waals surface area contributed by atoms with E-state index in [0.717, 1.165) is 10.6 Å². The molecule has 1 aliphatic heterocycles. The number of nitrogens with two attached hydrogens (primary N) is 1. The van der Waals surface area contributed by atoms with Gasteiger partial charge in [-0.1, -0.05) is 18.1 Å². The van der Waals surface area contributed by atoms with Crippen LogP contribution in [0, 0.1) is 0 Å². The van der Waals surface area contributed by atoms with Crippen molar-refractivity contribution >= 4 is 17.6 Å². The second-order valence-electron chi connectivity index (χ2n) is 5.69. The van der Waals surface area contributed by atoms with Crippen molar-refractivity contribution in [1.29, 1.82) is 0 Å². The van der Waals surface area contributed by atoms with Gasteiger partial charge in [-0.05, 0) is 18.2 Å². The van der Waals surface area contributed by atoms with Gasteiger partial charge in [0, 0.05) is 18.1 Å². The quantitative estimate of drug-likeness (QED) is 0.670. The van der Waals surface area contributed by atoms with Gasteiger partial charge in [0.15, 0.2) is 5.82 Å². The molecule has 0 unspecified atom stereocenters. The van der Waals surface area contributed by atoms with Gasteiger partial charge >= 0.3 is 0 Å². The van der Waals surface area contributed by atoms with E-state index in [-0.39, 0.29) is 16.9 Å². The van der Waals surface area contributed by atoms with Gasteiger partial charge in [-0.15, -0.1) is 0 Å². The summed E-state index contributed by atoms with van der Waals surface area (Å²) in [5.41, 5.74) is 6.49. The Morgan fingerprint density at radius 3 is 2.73 bits per heavy atom. The largest absolute Gasteiger partial charge is 0.384 e. The number of fused-ring (bicyclic) bond motifs is 1. The van der Waals surface area contributed by atoms with E-state index in [1.54, 1.807) is 24.3 Å². The van der Waals surface area contributed by atoms with Crippen LogP contribution in [0.4, 0.5) is 5.82 Å². The molecule has 2 aromatic heterocycles. The number of nitrogens with zero attached hydrogens (tertiary/aromatic N) is 3. The summed E-state index contributed by atoms with van der Waals surface area (Å²) in [6.45, 7) is 1.90. The van der Waals surface area contributed by atoms with Crippen molar-refractivity contribution in [3.63, 3.8) is 0 Å². The lowest BCUT2D eigenvalue weighted by atomic mass is 10.1. The van der Waals surface area contributed by atoms with Crippen molar-refractivity contribution < 1.29 is 14.1 Å². The van der Waals surface area contributed by atoms with Crippen LogP contribution in [-0.2, 0) is 6.42 Å². The maximum Gasteiger partial charge on any atom is 0.262 e. The summed E-state index contributed by atoms with van der Waals surface area (Å²) in [7, 11) is 0. The second-order valence-corrected chi connectivity index (χ2v) is 5.69. The van der Waals surface area contributed by atoms with Gasteiger partial charge in [0.05, 0.1) is 16.8 Å². The Balaban J connectivity index is 1.88. The minimum absolute atomic E-state index is 0.00828. The molecular weight excluding hydrogens is 338 g/mol. The van der Waals surface area contributed by atoms with Gasteiger partial charge in [-0.25, -0.2) is 0 Å².